The Morgan fingerprint density at radius 1 is 0.750 bits per heavy atom. The zero-order valence-corrected chi connectivity index (χ0v) is 21.1. The second-order valence-electron chi connectivity index (χ2n) is 9.31. The maximum Gasteiger partial charge on any atom is 0.194 e. The van der Waals surface area contributed by atoms with E-state index in [0.29, 0.717) is 42.4 Å². The number of rotatable bonds is 11. The summed E-state index contributed by atoms with van der Waals surface area (Å²) in [6.07, 6.45) is 0.870. The maximum atomic E-state index is 13.4. The summed E-state index contributed by atoms with van der Waals surface area (Å²) < 4.78 is 29.4. The molecule has 8 heteroatoms. The number of ketones is 1. The Kier molecular flexibility index (Phi) is 8.38. The molecule has 2 aliphatic heterocycles. The van der Waals surface area contributed by atoms with E-state index in [-0.39, 0.29) is 5.78 Å². The summed E-state index contributed by atoms with van der Waals surface area (Å²) in [5.41, 5.74) is 2.90. The topological polar surface area (TPSA) is 69.7 Å². The first kappa shape index (κ1) is 25.0. The summed E-state index contributed by atoms with van der Waals surface area (Å²) in [5.74, 6) is 2.03. The molecule has 5 rings (SSSR count). The molecule has 2 saturated heterocycles. The van der Waals surface area contributed by atoms with E-state index >= 15 is 0 Å². The molecule has 2 fully saturated rings. The van der Waals surface area contributed by atoms with Crippen LogP contribution in [0.4, 0.5) is 0 Å². The Balaban J connectivity index is 1.35. The molecule has 0 spiro atoms. The van der Waals surface area contributed by atoms with Gasteiger partial charge in [0, 0.05) is 67.6 Å². The summed E-state index contributed by atoms with van der Waals surface area (Å²) in [6, 6.07) is 9.47. The molecular weight excluding hydrogens is 460 g/mol. The van der Waals surface area contributed by atoms with Crippen molar-refractivity contribution in [1.82, 2.24) is 9.80 Å². The Labute approximate surface area is 213 Å². The molecule has 0 unspecified atom stereocenters. The van der Waals surface area contributed by atoms with Gasteiger partial charge in [-0.1, -0.05) is 19.1 Å². The molecule has 0 N–H and O–H groups in total. The second kappa shape index (κ2) is 12.1. The van der Waals surface area contributed by atoms with Crippen LogP contribution in [-0.4, -0.2) is 101 Å². The van der Waals surface area contributed by atoms with Crippen LogP contribution >= 0.6 is 0 Å². The fraction of sp³-hybridized carbons (Fsp3) is 0.536. The minimum Gasteiger partial charge on any atom is -0.493 e. The summed E-state index contributed by atoms with van der Waals surface area (Å²) in [7, 11) is 0. The predicted molar refractivity (Wildman–Crippen MR) is 137 cm³/mol. The molecule has 0 radical (unpaired) electrons. The van der Waals surface area contributed by atoms with Gasteiger partial charge in [0.25, 0.3) is 0 Å². The molecule has 2 aromatic carbocycles. The van der Waals surface area contributed by atoms with Gasteiger partial charge in [-0.25, -0.2) is 0 Å². The third-order valence-electron chi connectivity index (χ3n) is 6.85. The van der Waals surface area contributed by atoms with Gasteiger partial charge in [0.2, 0.25) is 0 Å². The van der Waals surface area contributed by atoms with Gasteiger partial charge in [-0.3, -0.25) is 14.6 Å². The number of nitrogens with zero attached hydrogens (tertiary/aromatic N) is 2. The highest BCUT2D eigenvalue weighted by atomic mass is 16.5. The van der Waals surface area contributed by atoms with Crippen molar-refractivity contribution in [1.29, 1.82) is 0 Å². The number of carbonyl (C=O) groups is 1. The lowest BCUT2D eigenvalue weighted by Crippen LogP contribution is -2.38. The molecular formula is C28H36N2O6. The number of fused-ring (bicyclic) bond motifs is 3. The van der Waals surface area contributed by atoms with Crippen LogP contribution in [-0.2, 0) is 9.47 Å². The third kappa shape index (κ3) is 5.67. The van der Waals surface area contributed by atoms with E-state index in [2.05, 4.69) is 16.7 Å². The lowest BCUT2D eigenvalue weighted by atomic mass is 10.0. The molecule has 2 aromatic rings. The maximum absolute atomic E-state index is 13.4. The van der Waals surface area contributed by atoms with Crippen molar-refractivity contribution < 1.29 is 28.5 Å². The molecule has 36 heavy (non-hydrogen) atoms. The second-order valence-corrected chi connectivity index (χ2v) is 9.31. The van der Waals surface area contributed by atoms with Crippen LogP contribution < -0.4 is 14.2 Å². The van der Waals surface area contributed by atoms with E-state index in [1.165, 1.54) is 0 Å². The number of benzene rings is 2. The van der Waals surface area contributed by atoms with Crippen molar-refractivity contribution >= 4 is 5.78 Å². The average molecular weight is 497 g/mol. The first-order valence-electron chi connectivity index (χ1n) is 13.1. The molecule has 0 bridgehead atoms. The van der Waals surface area contributed by atoms with E-state index < -0.39 is 0 Å². The Hall–Kier alpha value is -2.65. The number of morpholine rings is 2. The molecule has 194 valence electrons. The van der Waals surface area contributed by atoms with Gasteiger partial charge in [0.1, 0.15) is 30.5 Å². The van der Waals surface area contributed by atoms with Gasteiger partial charge in [-0.15, -0.1) is 0 Å². The largest absolute Gasteiger partial charge is 0.493 e. The van der Waals surface area contributed by atoms with Crippen molar-refractivity contribution in [3.05, 3.63) is 41.5 Å². The molecule has 0 saturated carbocycles. The molecule has 2 heterocycles. The molecule has 0 aromatic heterocycles. The van der Waals surface area contributed by atoms with Crippen molar-refractivity contribution in [3.8, 4) is 28.4 Å². The minimum atomic E-state index is -0.0152. The fourth-order valence-corrected chi connectivity index (χ4v) is 4.91. The highest BCUT2D eigenvalue weighted by molar-refractivity contribution is 6.23. The van der Waals surface area contributed by atoms with Crippen LogP contribution in [0, 0.1) is 0 Å². The van der Waals surface area contributed by atoms with E-state index in [0.717, 1.165) is 89.0 Å². The van der Waals surface area contributed by atoms with Gasteiger partial charge in [0.15, 0.2) is 5.78 Å². The molecule has 0 amide bonds. The Bertz CT molecular complexity index is 1050. The van der Waals surface area contributed by atoms with Gasteiger partial charge >= 0.3 is 0 Å². The normalized spacial score (nSPS) is 18.1. The predicted octanol–water partition coefficient (Wildman–Crippen LogP) is 3.11. The monoisotopic (exact) mass is 496 g/mol. The number of carbonyl (C=O) groups excluding carboxylic acids is 1. The summed E-state index contributed by atoms with van der Waals surface area (Å²) in [6.45, 7) is 12.1. The first-order valence-corrected chi connectivity index (χ1v) is 13.1. The number of hydrogen-bond donors (Lipinski definition) is 0. The van der Waals surface area contributed by atoms with E-state index in [9.17, 15) is 4.79 Å². The van der Waals surface area contributed by atoms with Crippen LogP contribution in [0.25, 0.3) is 11.1 Å². The van der Waals surface area contributed by atoms with Crippen molar-refractivity contribution in [2.45, 2.75) is 13.3 Å². The smallest absolute Gasteiger partial charge is 0.194 e. The van der Waals surface area contributed by atoms with Crippen LogP contribution in [0.3, 0.4) is 0 Å². The van der Waals surface area contributed by atoms with Crippen LogP contribution in [0.15, 0.2) is 30.3 Å². The van der Waals surface area contributed by atoms with Crippen LogP contribution in [0.1, 0.15) is 29.3 Å². The van der Waals surface area contributed by atoms with Crippen LogP contribution in [0.2, 0.25) is 0 Å². The summed E-state index contributed by atoms with van der Waals surface area (Å²) >= 11 is 0. The van der Waals surface area contributed by atoms with Gasteiger partial charge in [-0.05, 0) is 18.6 Å². The molecule has 8 nitrogen and oxygen atoms in total. The quantitative estimate of drug-likeness (QED) is 0.401. The van der Waals surface area contributed by atoms with Gasteiger partial charge in [0.05, 0.1) is 33.0 Å². The standard InChI is InChI=1S/C28H36N2O6/c1-2-12-35-25-20-21(34-17-10-29-6-13-32-14-7-29)19-23-27(25)26-22(28(23)31)4-3-5-24(26)36-18-11-30-8-15-33-16-9-30/h3-5,19-20H,2,6-18H2,1H3. The van der Waals surface area contributed by atoms with Crippen molar-refractivity contribution in [3.63, 3.8) is 0 Å². The summed E-state index contributed by atoms with van der Waals surface area (Å²) in [5, 5.41) is 0. The van der Waals surface area contributed by atoms with Crippen molar-refractivity contribution in [2.75, 3.05) is 85.5 Å². The van der Waals surface area contributed by atoms with Crippen molar-refractivity contribution in [2.24, 2.45) is 0 Å². The highest BCUT2D eigenvalue weighted by Crippen LogP contribution is 2.49. The van der Waals surface area contributed by atoms with E-state index in [1.807, 2.05) is 30.3 Å². The lowest BCUT2D eigenvalue weighted by molar-refractivity contribution is 0.0321. The Morgan fingerprint density at radius 3 is 2.03 bits per heavy atom. The van der Waals surface area contributed by atoms with Gasteiger partial charge in [-0.2, -0.15) is 0 Å². The van der Waals surface area contributed by atoms with Gasteiger partial charge < -0.3 is 23.7 Å². The third-order valence-corrected chi connectivity index (χ3v) is 6.85. The lowest BCUT2D eigenvalue weighted by Gasteiger charge is -2.26. The van der Waals surface area contributed by atoms with E-state index in [1.54, 1.807) is 0 Å². The Morgan fingerprint density at radius 2 is 1.36 bits per heavy atom. The number of ether oxygens (including phenoxy) is 5. The van der Waals surface area contributed by atoms with E-state index in [4.69, 9.17) is 23.7 Å². The molecule has 0 atom stereocenters. The molecule has 3 aliphatic rings. The molecule has 1 aliphatic carbocycles. The van der Waals surface area contributed by atoms with Crippen LogP contribution in [0.5, 0.6) is 17.2 Å². The average Bonchev–Trinajstić information content (AvgIpc) is 3.21. The highest BCUT2D eigenvalue weighted by Gasteiger charge is 2.33. The zero-order chi connectivity index (χ0) is 24.7. The fourth-order valence-electron chi connectivity index (χ4n) is 4.91. The first-order chi connectivity index (χ1) is 17.7. The minimum absolute atomic E-state index is 0.0152. The number of hydrogen-bond acceptors (Lipinski definition) is 8. The SMILES string of the molecule is CCCOc1cc(OCCN2CCOCC2)cc2c1-c1c(OCCN3CCOCC3)cccc1C2=O. The zero-order valence-electron chi connectivity index (χ0n) is 21.1. The summed E-state index contributed by atoms with van der Waals surface area (Å²) in [4.78, 5) is 18.1.